The second-order valence-corrected chi connectivity index (χ2v) is 7.78. The largest absolute Gasteiger partial charge is 0.460 e. The molecule has 2 rings (SSSR count). The average Bonchev–Trinajstić information content (AvgIpc) is 2.85. The highest BCUT2D eigenvalue weighted by Gasteiger charge is 2.46. The number of nitrogens with two attached hydrogens (primary N) is 1. The summed E-state index contributed by atoms with van der Waals surface area (Å²) >= 11 is 0. The van der Waals surface area contributed by atoms with E-state index in [0.29, 0.717) is 23.7 Å². The van der Waals surface area contributed by atoms with E-state index in [4.69, 9.17) is 10.5 Å². The molecule has 24 heavy (non-hydrogen) atoms. The third-order valence-electron chi connectivity index (χ3n) is 5.55. The third-order valence-corrected chi connectivity index (χ3v) is 5.55. The number of esters is 1. The van der Waals surface area contributed by atoms with Gasteiger partial charge in [-0.3, -0.25) is 4.79 Å². The van der Waals surface area contributed by atoms with E-state index >= 15 is 0 Å². The first kappa shape index (κ1) is 18.5. The predicted molar refractivity (Wildman–Crippen MR) is 93.2 cm³/mol. The van der Waals surface area contributed by atoms with Crippen LogP contribution in [0.1, 0.15) is 53.9 Å². The number of fused-ring (bicyclic) bond motifs is 1. The number of carbonyl (C=O) groups is 2. The van der Waals surface area contributed by atoms with Crippen molar-refractivity contribution in [1.29, 1.82) is 0 Å². The van der Waals surface area contributed by atoms with Crippen LogP contribution >= 0.6 is 0 Å². The molecule has 6 nitrogen and oxygen atoms in total. The molecule has 0 heterocycles. The summed E-state index contributed by atoms with van der Waals surface area (Å²) in [5.74, 6) is 1.56. The molecule has 0 radical (unpaired) electrons. The number of nitrogens with one attached hydrogen (secondary N) is 1. The van der Waals surface area contributed by atoms with E-state index in [2.05, 4.69) is 30.5 Å². The number of allylic oxidation sites excluding steroid dienone is 2. The molecule has 2 aliphatic rings. The molecule has 0 aromatic rings. The average molecular weight is 335 g/mol. The molecule has 0 spiro atoms. The summed E-state index contributed by atoms with van der Waals surface area (Å²) in [6, 6.07) is -0.645. The Kier molecular flexibility index (Phi) is 5.35. The first-order valence-corrected chi connectivity index (χ1v) is 8.60. The lowest BCUT2D eigenvalue weighted by molar-refractivity contribution is -0.158. The van der Waals surface area contributed by atoms with Gasteiger partial charge in [-0.2, -0.15) is 5.10 Å². The minimum Gasteiger partial charge on any atom is -0.460 e. The molecule has 134 valence electrons. The molecule has 0 saturated heterocycles. The number of amides is 2. The van der Waals surface area contributed by atoms with E-state index < -0.39 is 11.6 Å². The normalized spacial score (nSPS) is 31.9. The van der Waals surface area contributed by atoms with Crippen LogP contribution in [0.5, 0.6) is 0 Å². The third kappa shape index (κ3) is 4.16. The van der Waals surface area contributed by atoms with Crippen molar-refractivity contribution in [2.24, 2.45) is 34.5 Å². The Morgan fingerprint density at radius 1 is 1.38 bits per heavy atom. The molecule has 3 N–H and O–H groups in total. The van der Waals surface area contributed by atoms with Gasteiger partial charge < -0.3 is 10.5 Å². The van der Waals surface area contributed by atoms with Crippen molar-refractivity contribution in [2.45, 2.75) is 59.5 Å². The fraction of sp³-hybridized carbons (Fsp3) is 0.722. The molecule has 0 aromatic heterocycles. The molecular formula is C18H29N3O3. The smallest absolute Gasteiger partial charge is 0.332 e. The van der Waals surface area contributed by atoms with Crippen molar-refractivity contribution >= 4 is 17.7 Å². The van der Waals surface area contributed by atoms with E-state index in [1.165, 1.54) is 12.5 Å². The summed E-state index contributed by atoms with van der Waals surface area (Å²) in [5.41, 5.74) is 9.12. The fourth-order valence-corrected chi connectivity index (χ4v) is 4.36. The predicted octanol–water partition coefficient (Wildman–Crippen LogP) is 2.98. The van der Waals surface area contributed by atoms with Gasteiger partial charge in [-0.25, -0.2) is 10.2 Å². The molecule has 4 unspecified atom stereocenters. The lowest BCUT2D eigenvalue weighted by atomic mass is 9.81. The van der Waals surface area contributed by atoms with Crippen LogP contribution in [0.4, 0.5) is 4.79 Å². The van der Waals surface area contributed by atoms with E-state index in [1.807, 2.05) is 13.8 Å². The van der Waals surface area contributed by atoms with Gasteiger partial charge in [0.05, 0.1) is 5.71 Å². The van der Waals surface area contributed by atoms with Crippen LogP contribution in [0.2, 0.25) is 0 Å². The Bertz CT molecular complexity index is 580. The number of ether oxygens (including phenoxy) is 1. The molecular weight excluding hydrogens is 306 g/mol. The lowest BCUT2D eigenvalue weighted by Gasteiger charge is -2.31. The molecule has 4 atom stereocenters. The quantitative estimate of drug-likeness (QED) is 0.613. The van der Waals surface area contributed by atoms with Gasteiger partial charge in [0.2, 0.25) is 0 Å². The van der Waals surface area contributed by atoms with Crippen LogP contribution in [-0.4, -0.2) is 23.3 Å². The summed E-state index contributed by atoms with van der Waals surface area (Å²) in [5, 5.41) is 4.12. The Hall–Kier alpha value is -1.85. The molecule has 2 amide bonds. The van der Waals surface area contributed by atoms with Gasteiger partial charge in [0.15, 0.2) is 0 Å². The number of primary amides is 1. The van der Waals surface area contributed by atoms with Crippen LogP contribution < -0.4 is 11.2 Å². The monoisotopic (exact) mass is 335 g/mol. The minimum absolute atomic E-state index is 0.223. The zero-order chi connectivity index (χ0) is 18.1. The van der Waals surface area contributed by atoms with Crippen molar-refractivity contribution in [3.63, 3.8) is 0 Å². The van der Waals surface area contributed by atoms with Gasteiger partial charge in [-0.15, -0.1) is 0 Å². The Labute approximate surface area is 143 Å². The maximum absolute atomic E-state index is 11.4. The number of nitrogens with zero attached hydrogens (tertiary/aromatic N) is 1. The number of hydrazone groups is 1. The molecule has 1 saturated carbocycles. The van der Waals surface area contributed by atoms with Crippen molar-refractivity contribution < 1.29 is 14.3 Å². The molecule has 1 fully saturated rings. The second-order valence-electron chi connectivity index (χ2n) is 7.78. The van der Waals surface area contributed by atoms with Crippen LogP contribution in [0.25, 0.3) is 0 Å². The van der Waals surface area contributed by atoms with Crippen molar-refractivity contribution in [3.8, 4) is 0 Å². The van der Waals surface area contributed by atoms with E-state index in [0.717, 1.165) is 25.0 Å². The maximum atomic E-state index is 11.4. The first-order chi connectivity index (χ1) is 11.1. The van der Waals surface area contributed by atoms with Crippen molar-refractivity contribution in [1.82, 2.24) is 5.43 Å². The van der Waals surface area contributed by atoms with Crippen LogP contribution in [0, 0.1) is 23.7 Å². The molecule has 6 heteroatoms. The molecule has 2 aliphatic carbocycles. The van der Waals surface area contributed by atoms with Crippen LogP contribution in [0.3, 0.4) is 0 Å². The molecule has 0 bridgehead atoms. The second kappa shape index (κ2) is 6.95. The number of hydrogen-bond acceptors (Lipinski definition) is 4. The Morgan fingerprint density at radius 3 is 2.62 bits per heavy atom. The topological polar surface area (TPSA) is 93.8 Å². The fourth-order valence-electron chi connectivity index (χ4n) is 4.36. The Morgan fingerprint density at radius 2 is 2.04 bits per heavy atom. The summed E-state index contributed by atoms with van der Waals surface area (Å²) < 4.78 is 5.57. The number of carbonyl (C=O) groups excluding carboxylic acids is 2. The van der Waals surface area contributed by atoms with E-state index in [-0.39, 0.29) is 5.97 Å². The summed E-state index contributed by atoms with van der Waals surface area (Å²) in [6.45, 7) is 9.84. The van der Waals surface area contributed by atoms with Gasteiger partial charge >= 0.3 is 12.0 Å². The Balaban J connectivity index is 2.19. The van der Waals surface area contributed by atoms with Gasteiger partial charge in [-0.05, 0) is 69.8 Å². The van der Waals surface area contributed by atoms with Gasteiger partial charge in [0.25, 0.3) is 0 Å². The first-order valence-electron chi connectivity index (χ1n) is 8.60. The maximum Gasteiger partial charge on any atom is 0.332 e. The number of rotatable bonds is 3. The van der Waals surface area contributed by atoms with Crippen molar-refractivity contribution in [2.75, 3.05) is 0 Å². The van der Waals surface area contributed by atoms with Crippen LogP contribution in [-0.2, 0) is 9.53 Å². The zero-order valence-electron chi connectivity index (χ0n) is 15.3. The molecule has 0 aliphatic heterocycles. The summed E-state index contributed by atoms with van der Waals surface area (Å²) in [7, 11) is 0. The highest BCUT2D eigenvalue weighted by atomic mass is 16.6. The molecule has 0 aromatic carbocycles. The highest BCUT2D eigenvalue weighted by Crippen LogP contribution is 2.50. The van der Waals surface area contributed by atoms with Crippen molar-refractivity contribution in [3.05, 3.63) is 11.6 Å². The van der Waals surface area contributed by atoms with Crippen LogP contribution in [0.15, 0.2) is 16.8 Å². The lowest BCUT2D eigenvalue weighted by Crippen LogP contribution is -2.35. The summed E-state index contributed by atoms with van der Waals surface area (Å²) in [6.07, 6.45) is 4.92. The number of hydrogen-bond donors (Lipinski definition) is 2. The van der Waals surface area contributed by atoms with E-state index in [9.17, 15) is 9.59 Å². The van der Waals surface area contributed by atoms with Gasteiger partial charge in [-0.1, -0.05) is 12.5 Å². The van der Waals surface area contributed by atoms with Gasteiger partial charge in [0.1, 0.15) is 5.60 Å². The highest BCUT2D eigenvalue weighted by molar-refractivity contribution is 5.96. The zero-order valence-corrected chi connectivity index (χ0v) is 15.3. The van der Waals surface area contributed by atoms with Gasteiger partial charge in [0, 0.05) is 6.92 Å². The SMILES string of the molecule is CC(=O)OC(C)(C)C1CC2C(C)=CC(=NNC(N)=O)CC(C)C2C1. The number of urea groups is 1. The minimum atomic E-state index is -0.645. The van der Waals surface area contributed by atoms with E-state index in [1.54, 1.807) is 0 Å². The summed E-state index contributed by atoms with van der Waals surface area (Å²) in [4.78, 5) is 22.3. The standard InChI is InChI=1S/C18H29N3O3/c1-10-6-14(20-21-17(19)23)7-11(2)16-9-13(8-15(10)16)18(4,5)24-12(3)22/h6,11,13,15-16H,7-9H2,1-5H3,(H3,19,21,23).